The van der Waals surface area contributed by atoms with E-state index in [1.165, 1.54) is 56.9 Å². The molecule has 36 heavy (non-hydrogen) atoms. The van der Waals surface area contributed by atoms with Gasteiger partial charge in [-0.15, -0.1) is 82.2 Å². The summed E-state index contributed by atoms with van der Waals surface area (Å²) in [6, 6.07) is 45.3. The van der Waals surface area contributed by atoms with Gasteiger partial charge in [0.05, 0.1) is 0 Å². The first-order chi connectivity index (χ1) is 17.5. The molecule has 0 amide bonds. The van der Waals surface area contributed by atoms with Crippen LogP contribution in [0.2, 0.25) is 0 Å². The second-order valence-corrected chi connectivity index (χ2v) is 8.18. The molecule has 0 aliphatic heterocycles. The van der Waals surface area contributed by atoms with E-state index in [2.05, 4.69) is 105 Å². The van der Waals surface area contributed by atoms with Crippen molar-refractivity contribution in [3.05, 3.63) is 170 Å². The molecule has 0 aromatic heterocycles. The molecule has 6 aromatic carbocycles. The Bertz CT molecular complexity index is 1280. The van der Waals surface area contributed by atoms with Crippen LogP contribution in [0.1, 0.15) is 22.3 Å². The molecule has 182 valence electrons. The second kappa shape index (κ2) is 16.3. The maximum absolute atomic E-state index is 3.72. The van der Waals surface area contributed by atoms with Crippen molar-refractivity contribution in [2.45, 2.75) is 13.8 Å². The summed E-state index contributed by atoms with van der Waals surface area (Å²) in [6.07, 6.45) is 0. The molecule has 6 rings (SSSR count). The van der Waals surface area contributed by atoms with E-state index in [-0.39, 0.29) is 0 Å². The predicted octanol–water partition coefficient (Wildman–Crippen LogP) is 9.44. The average molecular weight is 546 g/mol. The normalized spacial score (nSPS) is 9.25. The Morgan fingerprint density at radius 3 is 1.14 bits per heavy atom. The first kappa shape index (κ1) is 28.8. The summed E-state index contributed by atoms with van der Waals surface area (Å²) in [5.41, 5.74) is 4.87. The molecule has 0 aliphatic rings. The van der Waals surface area contributed by atoms with Crippen LogP contribution in [0.15, 0.2) is 133 Å². The van der Waals surface area contributed by atoms with E-state index in [0.717, 1.165) is 11.1 Å². The summed E-state index contributed by atoms with van der Waals surface area (Å²) in [4.78, 5) is 0. The van der Waals surface area contributed by atoms with Gasteiger partial charge in [0.2, 0.25) is 0 Å². The van der Waals surface area contributed by atoms with Crippen molar-refractivity contribution in [1.82, 2.24) is 0 Å². The van der Waals surface area contributed by atoms with E-state index >= 15 is 0 Å². The van der Waals surface area contributed by atoms with Crippen molar-refractivity contribution in [1.29, 1.82) is 0 Å². The zero-order valence-electron chi connectivity index (χ0n) is 21.3. The number of benzene rings is 4. The molecule has 0 fully saturated rings. The van der Waals surface area contributed by atoms with Crippen LogP contribution in [-0.4, -0.2) is 4.21 Å². The van der Waals surface area contributed by atoms with Gasteiger partial charge in [-0.1, -0.05) is 35.4 Å². The minimum atomic E-state index is 1.07. The molecule has 0 spiro atoms. The number of rotatable bonds is 0. The summed E-state index contributed by atoms with van der Waals surface area (Å²) in [7, 11) is 0. The number of aryl methyl sites for hydroxylation is 2. The molecule has 0 N–H and O–H groups in total. The van der Waals surface area contributed by atoms with Crippen molar-refractivity contribution in [3.8, 4) is 0 Å². The Kier molecular flexibility index (Phi) is 13.1. The van der Waals surface area contributed by atoms with Crippen LogP contribution in [0.25, 0.3) is 21.5 Å². The fourth-order valence-electron chi connectivity index (χ4n) is 3.60. The quantitative estimate of drug-likeness (QED) is 0.167. The standard InChI is InChI=1S/2C10H9.2C7H7.CH2.Zr/c2*1-8-4-2-5-9-6-3-7-10(8)9;2*1-7-5-3-2-4-6-7;;/h2*2-7H,1H3;2*2-6H,1H2;1H2;/q4*-1;;. The van der Waals surface area contributed by atoms with E-state index in [0.29, 0.717) is 0 Å². The van der Waals surface area contributed by atoms with Crippen molar-refractivity contribution in [2.24, 2.45) is 0 Å². The summed E-state index contributed by atoms with van der Waals surface area (Å²) in [5, 5.41) is 5.45. The minimum absolute atomic E-state index is 1.07. The zero-order valence-corrected chi connectivity index (χ0v) is 23.8. The first-order valence-corrected chi connectivity index (χ1v) is 13.6. The Hall–Kier alpha value is -3.41. The Morgan fingerprint density at radius 2 is 0.861 bits per heavy atom. The van der Waals surface area contributed by atoms with Crippen LogP contribution in [-0.2, 0) is 24.2 Å². The molecule has 0 saturated heterocycles. The molecular formula is C35H34Zr-4. The number of hydrogen-bond donors (Lipinski definition) is 0. The SMILES string of the molecule is Cc1cccc2[cH-]ccc12.Cc1cccc2[cH-]ccc12.[CH2-]c1ccccc1.[CH2-]c1ccccc1.[CH2]=[Zr]. The maximum atomic E-state index is 3.72. The average Bonchev–Trinajstić information content (AvgIpc) is 3.59. The van der Waals surface area contributed by atoms with Crippen LogP contribution in [0, 0.1) is 27.7 Å². The molecule has 0 unspecified atom stereocenters. The molecule has 0 atom stereocenters. The third-order valence-electron chi connectivity index (χ3n) is 5.48. The van der Waals surface area contributed by atoms with Crippen LogP contribution >= 0.6 is 0 Å². The topological polar surface area (TPSA) is 0 Å². The van der Waals surface area contributed by atoms with E-state index in [9.17, 15) is 0 Å². The van der Waals surface area contributed by atoms with Crippen LogP contribution in [0.3, 0.4) is 0 Å². The van der Waals surface area contributed by atoms with Gasteiger partial charge in [-0.05, 0) is 13.8 Å². The van der Waals surface area contributed by atoms with Gasteiger partial charge < -0.3 is 0 Å². The molecule has 0 aliphatic carbocycles. The van der Waals surface area contributed by atoms with Gasteiger partial charge in [-0.25, -0.2) is 0 Å². The molecular weight excluding hydrogens is 512 g/mol. The van der Waals surface area contributed by atoms with Crippen molar-refractivity contribution in [2.75, 3.05) is 0 Å². The van der Waals surface area contributed by atoms with Crippen molar-refractivity contribution < 1.29 is 24.2 Å². The van der Waals surface area contributed by atoms with Gasteiger partial charge in [0.25, 0.3) is 0 Å². The summed E-state index contributed by atoms with van der Waals surface area (Å²) in [5.74, 6) is 0. The Morgan fingerprint density at radius 1 is 0.500 bits per heavy atom. The molecule has 1 heteroatoms. The van der Waals surface area contributed by atoms with Gasteiger partial charge in [-0.3, -0.25) is 0 Å². The number of hydrogen-bond acceptors (Lipinski definition) is 0. The van der Waals surface area contributed by atoms with E-state index in [1.54, 1.807) is 0 Å². The Labute approximate surface area is 232 Å². The van der Waals surface area contributed by atoms with E-state index in [4.69, 9.17) is 0 Å². The number of fused-ring (bicyclic) bond motifs is 2. The van der Waals surface area contributed by atoms with Gasteiger partial charge in [-0.2, -0.15) is 73.5 Å². The monoisotopic (exact) mass is 544 g/mol. The molecule has 0 nitrogen and oxygen atoms in total. The van der Waals surface area contributed by atoms with Crippen molar-refractivity contribution >= 4 is 25.8 Å². The molecule has 0 radical (unpaired) electrons. The van der Waals surface area contributed by atoms with Gasteiger partial charge >= 0.3 is 28.4 Å². The third kappa shape index (κ3) is 9.69. The summed E-state index contributed by atoms with van der Waals surface area (Å²) >= 11 is 1.30. The van der Waals surface area contributed by atoms with Gasteiger partial charge in [0.1, 0.15) is 0 Å². The fourth-order valence-corrected chi connectivity index (χ4v) is 3.60. The zero-order chi connectivity index (χ0) is 26.2. The molecule has 0 saturated carbocycles. The predicted molar refractivity (Wildman–Crippen MR) is 157 cm³/mol. The van der Waals surface area contributed by atoms with Crippen molar-refractivity contribution in [3.63, 3.8) is 0 Å². The van der Waals surface area contributed by atoms with E-state index in [1.807, 2.05) is 60.7 Å². The fraction of sp³-hybridized carbons (Fsp3) is 0.0571. The second-order valence-electron chi connectivity index (χ2n) is 8.18. The molecule has 0 bridgehead atoms. The van der Waals surface area contributed by atoms with Gasteiger partial charge in [0.15, 0.2) is 0 Å². The summed E-state index contributed by atoms with van der Waals surface area (Å²) < 4.78 is 3.34. The first-order valence-electron chi connectivity index (χ1n) is 11.9. The summed E-state index contributed by atoms with van der Waals surface area (Å²) in [6.45, 7) is 11.7. The van der Waals surface area contributed by atoms with E-state index < -0.39 is 0 Å². The van der Waals surface area contributed by atoms with Crippen LogP contribution < -0.4 is 0 Å². The molecule has 0 heterocycles. The van der Waals surface area contributed by atoms with Crippen LogP contribution in [0.5, 0.6) is 0 Å². The third-order valence-corrected chi connectivity index (χ3v) is 5.48. The van der Waals surface area contributed by atoms with Crippen LogP contribution in [0.4, 0.5) is 0 Å². The van der Waals surface area contributed by atoms with Gasteiger partial charge in [0, 0.05) is 0 Å². The molecule has 6 aromatic rings. The Balaban J connectivity index is 0.000000168.